The lowest BCUT2D eigenvalue weighted by Gasteiger charge is -2.19. The van der Waals surface area contributed by atoms with E-state index in [1.807, 2.05) is 6.07 Å². The summed E-state index contributed by atoms with van der Waals surface area (Å²) in [5, 5.41) is 2.55. The summed E-state index contributed by atoms with van der Waals surface area (Å²) in [5.41, 5.74) is 0.841. The van der Waals surface area contributed by atoms with E-state index in [0.29, 0.717) is 5.56 Å². The van der Waals surface area contributed by atoms with E-state index in [9.17, 15) is 14.4 Å². The molecule has 0 atom stereocenters. The predicted molar refractivity (Wildman–Crippen MR) is 84.0 cm³/mol. The fraction of sp³-hybridized carbons (Fsp3) is 0.471. The van der Waals surface area contributed by atoms with Crippen molar-refractivity contribution in [2.24, 2.45) is 0 Å². The second-order valence-electron chi connectivity index (χ2n) is 6.15. The highest BCUT2D eigenvalue weighted by atomic mass is 16.6. The first-order valence-electron chi connectivity index (χ1n) is 7.26. The third-order valence-corrected chi connectivity index (χ3v) is 2.81. The Kier molecular flexibility index (Phi) is 6.28. The number of ketones is 2. The van der Waals surface area contributed by atoms with Gasteiger partial charge in [0, 0.05) is 24.9 Å². The van der Waals surface area contributed by atoms with E-state index in [1.165, 1.54) is 6.92 Å². The smallest absolute Gasteiger partial charge is 0.407 e. The lowest BCUT2D eigenvalue weighted by atomic mass is 10.0. The Morgan fingerprint density at radius 3 is 2.45 bits per heavy atom. The van der Waals surface area contributed by atoms with Crippen LogP contribution in [0.4, 0.5) is 4.79 Å². The molecule has 0 fully saturated rings. The number of benzene rings is 1. The van der Waals surface area contributed by atoms with Crippen LogP contribution in [0.3, 0.4) is 0 Å². The molecule has 0 saturated heterocycles. The van der Waals surface area contributed by atoms with Crippen LogP contribution < -0.4 is 5.32 Å². The molecule has 1 N–H and O–H groups in total. The van der Waals surface area contributed by atoms with Crippen molar-refractivity contribution in [3.05, 3.63) is 35.4 Å². The van der Waals surface area contributed by atoms with Gasteiger partial charge in [0.05, 0.1) is 0 Å². The van der Waals surface area contributed by atoms with Gasteiger partial charge in [-0.2, -0.15) is 0 Å². The third kappa shape index (κ3) is 7.02. The molecule has 0 unspecified atom stereocenters. The number of carbonyl (C=O) groups excluding carboxylic acids is 3. The van der Waals surface area contributed by atoms with Gasteiger partial charge in [0.2, 0.25) is 0 Å². The Bertz CT molecular complexity index is 558. The Labute approximate surface area is 131 Å². The number of Topliss-reactive ketones (excluding diaryl/α,β-unsaturated/α-hetero) is 2. The van der Waals surface area contributed by atoms with Gasteiger partial charge in [-0.3, -0.25) is 9.59 Å². The van der Waals surface area contributed by atoms with Crippen LogP contribution >= 0.6 is 0 Å². The van der Waals surface area contributed by atoms with Crippen LogP contribution in [0.5, 0.6) is 0 Å². The molecule has 0 aliphatic carbocycles. The zero-order valence-electron chi connectivity index (χ0n) is 13.6. The van der Waals surface area contributed by atoms with Crippen molar-refractivity contribution in [3.8, 4) is 0 Å². The number of alkyl carbamates (subject to hydrolysis) is 1. The molecule has 5 nitrogen and oxygen atoms in total. The van der Waals surface area contributed by atoms with E-state index in [-0.39, 0.29) is 31.0 Å². The minimum Gasteiger partial charge on any atom is -0.444 e. The molecule has 22 heavy (non-hydrogen) atoms. The fourth-order valence-electron chi connectivity index (χ4n) is 1.83. The summed E-state index contributed by atoms with van der Waals surface area (Å²) in [4.78, 5) is 34.6. The van der Waals surface area contributed by atoms with Gasteiger partial charge in [-0.05, 0) is 39.3 Å². The van der Waals surface area contributed by atoms with E-state index in [1.54, 1.807) is 39.0 Å². The van der Waals surface area contributed by atoms with Crippen molar-refractivity contribution >= 4 is 17.7 Å². The minimum absolute atomic E-state index is 0.00300. The van der Waals surface area contributed by atoms with Crippen molar-refractivity contribution < 1.29 is 19.1 Å². The summed E-state index contributed by atoms with van der Waals surface area (Å²) in [5.74, 6) is -0.0300. The highest BCUT2D eigenvalue weighted by molar-refractivity contribution is 5.94. The first-order valence-corrected chi connectivity index (χ1v) is 7.26. The molecule has 1 aromatic rings. The van der Waals surface area contributed by atoms with Crippen LogP contribution in [0, 0.1) is 0 Å². The van der Waals surface area contributed by atoms with Crippen molar-refractivity contribution in [1.29, 1.82) is 0 Å². The highest BCUT2D eigenvalue weighted by Crippen LogP contribution is 2.08. The number of nitrogens with one attached hydrogen (secondary N) is 1. The number of ether oxygens (including phenoxy) is 1. The molecule has 5 heteroatoms. The van der Waals surface area contributed by atoms with Gasteiger partial charge in [-0.1, -0.05) is 18.2 Å². The van der Waals surface area contributed by atoms with Gasteiger partial charge in [-0.15, -0.1) is 0 Å². The lowest BCUT2D eigenvalue weighted by Crippen LogP contribution is -2.33. The van der Waals surface area contributed by atoms with Crippen LogP contribution in [0.2, 0.25) is 0 Å². The molecule has 0 heterocycles. The highest BCUT2D eigenvalue weighted by Gasteiger charge is 2.16. The largest absolute Gasteiger partial charge is 0.444 e. The molecule has 1 aromatic carbocycles. The van der Waals surface area contributed by atoms with Crippen LogP contribution in [0.15, 0.2) is 24.3 Å². The SMILES string of the molecule is CC(=O)c1cccc(CC(=O)CCNC(=O)OC(C)(C)C)c1. The summed E-state index contributed by atoms with van der Waals surface area (Å²) >= 11 is 0. The zero-order chi connectivity index (χ0) is 16.8. The predicted octanol–water partition coefficient (Wildman–Crippen LogP) is 2.92. The molecule has 0 bridgehead atoms. The summed E-state index contributed by atoms with van der Waals surface area (Å²) in [6.07, 6.45) is -0.0559. The number of rotatable bonds is 6. The molecule has 0 aliphatic heterocycles. The van der Waals surface area contributed by atoms with Crippen LogP contribution in [0.1, 0.15) is 50.0 Å². The molecule has 0 aliphatic rings. The quantitative estimate of drug-likeness (QED) is 0.820. The maximum absolute atomic E-state index is 11.9. The van der Waals surface area contributed by atoms with Gasteiger partial charge in [0.15, 0.2) is 5.78 Å². The molecule has 1 amide bonds. The van der Waals surface area contributed by atoms with E-state index in [4.69, 9.17) is 4.74 Å². The first-order chi connectivity index (χ1) is 10.2. The summed E-state index contributed by atoms with van der Waals surface area (Å²) in [7, 11) is 0. The topological polar surface area (TPSA) is 72.5 Å². The Morgan fingerprint density at radius 2 is 1.86 bits per heavy atom. The van der Waals surface area contributed by atoms with Crippen molar-refractivity contribution in [1.82, 2.24) is 5.32 Å². The molecule has 120 valence electrons. The molecule has 0 aromatic heterocycles. The van der Waals surface area contributed by atoms with Gasteiger partial charge in [-0.25, -0.2) is 4.79 Å². The molecule has 0 radical (unpaired) electrons. The Balaban J connectivity index is 2.39. The van der Waals surface area contributed by atoms with Gasteiger partial charge >= 0.3 is 6.09 Å². The average Bonchev–Trinajstić information content (AvgIpc) is 2.36. The standard InChI is InChI=1S/C17H23NO4/c1-12(19)14-7-5-6-13(10-14)11-15(20)8-9-18-16(21)22-17(2,3)4/h5-7,10H,8-9,11H2,1-4H3,(H,18,21). The molecule has 0 spiro atoms. The summed E-state index contributed by atoms with van der Waals surface area (Å²) < 4.78 is 5.08. The number of hydrogen-bond donors (Lipinski definition) is 1. The summed E-state index contributed by atoms with van der Waals surface area (Å²) in [6, 6.07) is 7.02. The third-order valence-electron chi connectivity index (χ3n) is 2.81. The van der Waals surface area contributed by atoms with E-state index in [0.717, 1.165) is 5.56 Å². The van der Waals surface area contributed by atoms with E-state index in [2.05, 4.69) is 5.32 Å². The van der Waals surface area contributed by atoms with E-state index >= 15 is 0 Å². The molecular weight excluding hydrogens is 282 g/mol. The zero-order valence-corrected chi connectivity index (χ0v) is 13.6. The van der Waals surface area contributed by atoms with E-state index < -0.39 is 11.7 Å². The van der Waals surface area contributed by atoms with Crippen LogP contribution in [0.25, 0.3) is 0 Å². The number of hydrogen-bond acceptors (Lipinski definition) is 4. The van der Waals surface area contributed by atoms with Gasteiger partial charge < -0.3 is 10.1 Å². The lowest BCUT2D eigenvalue weighted by molar-refractivity contribution is -0.118. The van der Waals surface area contributed by atoms with Crippen molar-refractivity contribution in [2.75, 3.05) is 6.54 Å². The minimum atomic E-state index is -0.554. The maximum atomic E-state index is 11.9. The monoisotopic (exact) mass is 305 g/mol. The average molecular weight is 305 g/mol. The first kappa shape index (κ1) is 17.9. The van der Waals surface area contributed by atoms with Gasteiger partial charge in [0.25, 0.3) is 0 Å². The number of carbonyl (C=O) groups is 3. The molecular formula is C17H23NO4. The van der Waals surface area contributed by atoms with Crippen molar-refractivity contribution in [3.63, 3.8) is 0 Å². The van der Waals surface area contributed by atoms with Crippen LogP contribution in [-0.4, -0.2) is 29.8 Å². The fourth-order valence-corrected chi connectivity index (χ4v) is 1.83. The molecule has 1 rings (SSSR count). The second-order valence-corrected chi connectivity index (χ2v) is 6.15. The normalized spacial score (nSPS) is 10.9. The Hall–Kier alpha value is -2.17. The summed E-state index contributed by atoms with van der Waals surface area (Å²) in [6.45, 7) is 7.06. The van der Waals surface area contributed by atoms with Crippen LogP contribution in [-0.2, 0) is 16.0 Å². The number of amides is 1. The molecule has 0 saturated carbocycles. The second kappa shape index (κ2) is 7.73. The maximum Gasteiger partial charge on any atom is 0.407 e. The van der Waals surface area contributed by atoms with Gasteiger partial charge in [0.1, 0.15) is 11.4 Å². The Morgan fingerprint density at radius 1 is 1.18 bits per heavy atom. The van der Waals surface area contributed by atoms with Crippen molar-refractivity contribution in [2.45, 2.75) is 46.1 Å².